The van der Waals surface area contributed by atoms with Crippen molar-refractivity contribution in [1.29, 1.82) is 0 Å². The van der Waals surface area contributed by atoms with Gasteiger partial charge in [0.1, 0.15) is 11.3 Å². The summed E-state index contributed by atoms with van der Waals surface area (Å²) in [5.41, 5.74) is -0.492. The van der Waals surface area contributed by atoms with Crippen LogP contribution in [-0.4, -0.2) is 24.7 Å². The molecule has 0 fully saturated rings. The third-order valence-electron chi connectivity index (χ3n) is 2.60. The Morgan fingerprint density at radius 3 is 2.62 bits per heavy atom. The van der Waals surface area contributed by atoms with Crippen LogP contribution >= 0.6 is 0 Å². The van der Waals surface area contributed by atoms with Gasteiger partial charge in [-0.2, -0.15) is 0 Å². The summed E-state index contributed by atoms with van der Waals surface area (Å²) in [5.74, 6) is -0.341. The number of para-hydroxylation sites is 1. The molecule has 1 aromatic rings. The molecule has 1 atom stereocenters. The first-order chi connectivity index (χ1) is 7.56. The van der Waals surface area contributed by atoms with Crippen LogP contribution in [0.2, 0.25) is 0 Å². The molecule has 0 aliphatic rings. The minimum Gasteiger partial charge on any atom is -0.496 e. The molecule has 0 aliphatic carbocycles. The smallest absolute Gasteiger partial charge is 0.328 e. The number of benzene rings is 1. The van der Waals surface area contributed by atoms with Crippen molar-refractivity contribution in [2.75, 3.05) is 13.7 Å². The molecule has 2 N–H and O–H groups in total. The SMILES string of the molecule is CCNC(C)(C(=O)O)c1ccccc1OC. The molecular weight excluding hydrogens is 206 g/mol. The molecule has 0 radical (unpaired) electrons. The predicted molar refractivity (Wildman–Crippen MR) is 61.7 cm³/mol. The van der Waals surface area contributed by atoms with Gasteiger partial charge in [-0.3, -0.25) is 5.32 Å². The molecule has 4 heteroatoms. The van der Waals surface area contributed by atoms with E-state index in [9.17, 15) is 9.90 Å². The van der Waals surface area contributed by atoms with Crippen LogP contribution in [0.4, 0.5) is 0 Å². The van der Waals surface area contributed by atoms with Crippen molar-refractivity contribution in [3.05, 3.63) is 29.8 Å². The Bertz CT molecular complexity index is 378. The average Bonchev–Trinajstić information content (AvgIpc) is 2.29. The number of methoxy groups -OCH3 is 1. The number of likely N-dealkylation sites (N-methyl/N-ethyl adjacent to an activating group) is 1. The first kappa shape index (κ1) is 12.5. The fourth-order valence-corrected chi connectivity index (χ4v) is 1.70. The van der Waals surface area contributed by atoms with E-state index in [2.05, 4.69) is 5.32 Å². The largest absolute Gasteiger partial charge is 0.496 e. The summed E-state index contributed by atoms with van der Waals surface area (Å²) in [6.45, 7) is 4.08. The molecule has 1 rings (SSSR count). The molecule has 88 valence electrons. The second-order valence-corrected chi connectivity index (χ2v) is 3.66. The molecule has 0 heterocycles. The second kappa shape index (κ2) is 4.99. The zero-order valence-corrected chi connectivity index (χ0v) is 9.78. The summed E-state index contributed by atoms with van der Waals surface area (Å²) in [6.07, 6.45) is 0. The number of carbonyl (C=O) groups is 1. The van der Waals surface area contributed by atoms with Crippen molar-refractivity contribution in [3.63, 3.8) is 0 Å². The quantitative estimate of drug-likeness (QED) is 0.796. The van der Waals surface area contributed by atoms with Gasteiger partial charge in [-0.1, -0.05) is 25.1 Å². The predicted octanol–water partition coefficient (Wildman–Crippen LogP) is 1.60. The van der Waals surface area contributed by atoms with Gasteiger partial charge >= 0.3 is 5.97 Å². The summed E-state index contributed by atoms with van der Waals surface area (Å²) in [6, 6.07) is 7.14. The van der Waals surface area contributed by atoms with E-state index < -0.39 is 11.5 Å². The van der Waals surface area contributed by atoms with E-state index >= 15 is 0 Å². The Hall–Kier alpha value is -1.55. The number of rotatable bonds is 5. The lowest BCUT2D eigenvalue weighted by Crippen LogP contribution is -2.46. The summed E-state index contributed by atoms with van der Waals surface area (Å²) in [4.78, 5) is 11.4. The maximum absolute atomic E-state index is 11.4. The molecule has 0 bridgehead atoms. The first-order valence-corrected chi connectivity index (χ1v) is 5.18. The highest BCUT2D eigenvalue weighted by Gasteiger charge is 2.36. The number of ether oxygens (including phenoxy) is 1. The third-order valence-corrected chi connectivity index (χ3v) is 2.60. The molecule has 1 aromatic carbocycles. The fraction of sp³-hybridized carbons (Fsp3) is 0.417. The molecule has 1 unspecified atom stereocenters. The normalized spacial score (nSPS) is 14.2. The first-order valence-electron chi connectivity index (χ1n) is 5.18. The van der Waals surface area contributed by atoms with E-state index in [1.807, 2.05) is 13.0 Å². The number of nitrogens with one attached hydrogen (secondary N) is 1. The van der Waals surface area contributed by atoms with Crippen LogP contribution in [-0.2, 0) is 10.3 Å². The van der Waals surface area contributed by atoms with Crippen LogP contribution in [0, 0.1) is 0 Å². The van der Waals surface area contributed by atoms with Gasteiger partial charge in [-0.25, -0.2) is 4.79 Å². The van der Waals surface area contributed by atoms with Crippen LogP contribution in [0.3, 0.4) is 0 Å². The topological polar surface area (TPSA) is 58.6 Å². The number of carboxylic acid groups (broad SMARTS) is 1. The van der Waals surface area contributed by atoms with Gasteiger partial charge in [0.25, 0.3) is 0 Å². The van der Waals surface area contributed by atoms with Crippen LogP contribution in [0.1, 0.15) is 19.4 Å². The molecule has 4 nitrogen and oxygen atoms in total. The van der Waals surface area contributed by atoms with E-state index in [-0.39, 0.29) is 0 Å². The highest BCUT2D eigenvalue weighted by Crippen LogP contribution is 2.29. The third kappa shape index (κ3) is 2.17. The zero-order chi connectivity index (χ0) is 12.2. The second-order valence-electron chi connectivity index (χ2n) is 3.66. The van der Waals surface area contributed by atoms with Gasteiger partial charge in [0.05, 0.1) is 7.11 Å². The molecule has 0 aliphatic heterocycles. The van der Waals surface area contributed by atoms with E-state index in [0.29, 0.717) is 17.9 Å². The van der Waals surface area contributed by atoms with Crippen LogP contribution in [0.5, 0.6) is 5.75 Å². The molecule has 0 saturated carbocycles. The van der Waals surface area contributed by atoms with E-state index in [0.717, 1.165) is 0 Å². The lowest BCUT2D eigenvalue weighted by Gasteiger charge is -2.27. The van der Waals surface area contributed by atoms with Crippen molar-refractivity contribution in [1.82, 2.24) is 5.32 Å². The number of carboxylic acids is 1. The Balaban J connectivity index is 3.25. The van der Waals surface area contributed by atoms with E-state index in [1.54, 1.807) is 25.1 Å². The lowest BCUT2D eigenvalue weighted by molar-refractivity contribution is -0.144. The highest BCUT2D eigenvalue weighted by molar-refractivity contribution is 5.81. The van der Waals surface area contributed by atoms with E-state index in [4.69, 9.17) is 4.74 Å². The Morgan fingerprint density at radius 1 is 1.50 bits per heavy atom. The standard InChI is InChI=1S/C12H17NO3/c1-4-13-12(2,11(14)15)9-7-5-6-8-10(9)16-3/h5-8,13H,4H2,1-3H3,(H,14,15). The maximum atomic E-state index is 11.4. The van der Waals surface area contributed by atoms with Crippen LogP contribution in [0.25, 0.3) is 0 Å². The van der Waals surface area contributed by atoms with E-state index in [1.165, 1.54) is 7.11 Å². The van der Waals surface area contributed by atoms with Gasteiger partial charge in [0, 0.05) is 5.56 Å². The van der Waals surface area contributed by atoms with Gasteiger partial charge in [-0.05, 0) is 19.5 Å². The maximum Gasteiger partial charge on any atom is 0.328 e. The summed E-state index contributed by atoms with van der Waals surface area (Å²) < 4.78 is 5.18. The number of aliphatic carboxylic acids is 1. The Kier molecular flexibility index (Phi) is 3.90. The van der Waals surface area contributed by atoms with Gasteiger partial charge in [0.15, 0.2) is 0 Å². The number of hydrogen-bond acceptors (Lipinski definition) is 3. The van der Waals surface area contributed by atoms with Crippen molar-refractivity contribution >= 4 is 5.97 Å². The van der Waals surface area contributed by atoms with Crippen molar-refractivity contribution in [2.45, 2.75) is 19.4 Å². The van der Waals surface area contributed by atoms with Crippen molar-refractivity contribution < 1.29 is 14.6 Å². The molecule has 16 heavy (non-hydrogen) atoms. The number of hydrogen-bond donors (Lipinski definition) is 2. The van der Waals surface area contributed by atoms with Crippen LogP contribution < -0.4 is 10.1 Å². The molecule has 0 aromatic heterocycles. The summed E-state index contributed by atoms with van der Waals surface area (Å²) in [5, 5.41) is 12.3. The van der Waals surface area contributed by atoms with Gasteiger partial charge in [0.2, 0.25) is 0 Å². The van der Waals surface area contributed by atoms with Crippen LogP contribution in [0.15, 0.2) is 24.3 Å². The lowest BCUT2D eigenvalue weighted by atomic mass is 9.91. The average molecular weight is 223 g/mol. The molecular formula is C12H17NO3. The molecule has 0 saturated heterocycles. The Labute approximate surface area is 95.2 Å². The van der Waals surface area contributed by atoms with Gasteiger partial charge in [-0.15, -0.1) is 0 Å². The summed E-state index contributed by atoms with van der Waals surface area (Å²) in [7, 11) is 1.53. The minimum atomic E-state index is -1.12. The summed E-state index contributed by atoms with van der Waals surface area (Å²) >= 11 is 0. The highest BCUT2D eigenvalue weighted by atomic mass is 16.5. The van der Waals surface area contributed by atoms with Crippen molar-refractivity contribution in [2.24, 2.45) is 0 Å². The zero-order valence-electron chi connectivity index (χ0n) is 9.78. The monoisotopic (exact) mass is 223 g/mol. The minimum absolute atomic E-state index is 0.570. The van der Waals surface area contributed by atoms with Crippen molar-refractivity contribution in [3.8, 4) is 5.75 Å². The van der Waals surface area contributed by atoms with Gasteiger partial charge < -0.3 is 9.84 Å². The molecule has 0 amide bonds. The molecule has 0 spiro atoms. The Morgan fingerprint density at radius 2 is 2.12 bits per heavy atom. The fourth-order valence-electron chi connectivity index (χ4n) is 1.70.